The van der Waals surface area contributed by atoms with Crippen LogP contribution in [0.5, 0.6) is 5.75 Å². The maximum Gasteiger partial charge on any atom is 0.271 e. The molecule has 0 saturated carbocycles. The summed E-state index contributed by atoms with van der Waals surface area (Å²) in [6, 6.07) is 9.66. The number of rotatable bonds is 14. The van der Waals surface area contributed by atoms with E-state index in [1.54, 1.807) is 49.3 Å². The van der Waals surface area contributed by atoms with E-state index < -0.39 is 4.92 Å². The zero-order valence-electron chi connectivity index (χ0n) is 27.1. The second kappa shape index (κ2) is 17.1. The Kier molecular flexibility index (Phi) is 13.6. The van der Waals surface area contributed by atoms with Crippen LogP contribution in [0.1, 0.15) is 26.3 Å². The van der Waals surface area contributed by atoms with E-state index in [9.17, 15) is 19.7 Å². The molecule has 3 aromatic rings. The maximum atomic E-state index is 12.3. The minimum atomic E-state index is -0.473. The molecule has 240 valence electrons. The van der Waals surface area contributed by atoms with Crippen LogP contribution in [0.4, 0.5) is 40.2 Å². The van der Waals surface area contributed by atoms with Gasteiger partial charge in [0.25, 0.3) is 5.69 Å². The molecule has 13 heteroatoms. The average Bonchev–Trinajstić information content (AvgIpc) is 3.04. The monoisotopic (exact) mass is 618 g/mol. The first kappa shape index (κ1) is 35.9. The van der Waals surface area contributed by atoms with Crippen LogP contribution >= 0.6 is 0 Å². The fourth-order valence-electron chi connectivity index (χ4n) is 4.12. The quantitative estimate of drug-likeness (QED) is 0.0999. The molecule has 2 N–H and O–H groups in total. The normalized spacial score (nSPS) is 10.7. The van der Waals surface area contributed by atoms with Crippen molar-refractivity contribution in [2.75, 3.05) is 68.8 Å². The topological polar surface area (TPSA) is 146 Å². The Balaban J connectivity index is 0.00000345. The third-order valence-electron chi connectivity index (χ3n) is 6.56. The summed E-state index contributed by atoms with van der Waals surface area (Å²) in [7, 11) is 9.13. The van der Waals surface area contributed by atoms with E-state index in [2.05, 4.69) is 27.1 Å². The standard InChI is InChI=1S/C30H36N8O5.C2H6/c1-8-28(40)32-24-17-25(27(43-7)18-26(24)36(5)14-13-35(3)4)33-30-31-19-23(20(2)12-15-39)29(34-30)37(6)21-10-9-11-22(16-21)38(41)42;1-2/h8-12,15-19H,1,13-14H2,2-7H3,(H,32,40)(H,31,33,34);1-2H3/b20-12-;. The number of nitro benzene ring substituents is 1. The largest absolute Gasteiger partial charge is 0.494 e. The first-order chi connectivity index (χ1) is 21.5. The highest BCUT2D eigenvalue weighted by Gasteiger charge is 2.20. The van der Waals surface area contributed by atoms with Crippen molar-refractivity contribution in [3.63, 3.8) is 0 Å². The smallest absolute Gasteiger partial charge is 0.271 e. The summed E-state index contributed by atoms with van der Waals surface area (Å²) in [6.45, 7) is 10.8. The van der Waals surface area contributed by atoms with Gasteiger partial charge in [0, 0.05) is 62.8 Å². The van der Waals surface area contributed by atoms with Gasteiger partial charge in [-0.1, -0.05) is 26.5 Å². The number of methoxy groups -OCH3 is 1. The van der Waals surface area contributed by atoms with Crippen LogP contribution in [-0.4, -0.2) is 80.4 Å². The SMILES string of the molecule is C=CC(=O)Nc1cc(Nc2ncc(/C(C)=C\C=O)c(N(C)c3cccc([N+](=O)[O-])c3)n2)c(OC)cc1N(C)CCN(C)C.CC. The molecule has 0 bridgehead atoms. The molecule has 13 nitrogen and oxygen atoms in total. The molecule has 0 atom stereocenters. The summed E-state index contributed by atoms with van der Waals surface area (Å²) >= 11 is 0. The number of nitro groups is 1. The Morgan fingerprint density at radius 1 is 1.11 bits per heavy atom. The number of anilines is 6. The van der Waals surface area contributed by atoms with Crippen molar-refractivity contribution in [2.24, 2.45) is 0 Å². The van der Waals surface area contributed by atoms with Crippen LogP contribution in [-0.2, 0) is 9.59 Å². The molecule has 1 heterocycles. The van der Waals surface area contributed by atoms with Gasteiger partial charge in [-0.15, -0.1) is 0 Å². The molecule has 0 aliphatic carbocycles. The molecule has 0 saturated heterocycles. The van der Waals surface area contributed by atoms with Crippen LogP contribution in [0.15, 0.2) is 61.3 Å². The summed E-state index contributed by atoms with van der Waals surface area (Å²) in [5.74, 6) is 0.676. The number of likely N-dealkylation sites (N-methyl/N-ethyl adjacent to an activating group) is 2. The Bertz CT molecular complexity index is 1540. The lowest BCUT2D eigenvalue weighted by Crippen LogP contribution is -2.29. The van der Waals surface area contributed by atoms with E-state index in [-0.39, 0.29) is 17.5 Å². The third kappa shape index (κ3) is 9.60. The molecule has 1 aromatic heterocycles. The molecular formula is C32H42N8O5. The van der Waals surface area contributed by atoms with Crippen molar-refractivity contribution < 1.29 is 19.2 Å². The number of carbonyl (C=O) groups excluding carboxylic acids is 2. The number of carbonyl (C=O) groups is 2. The van der Waals surface area contributed by atoms with Gasteiger partial charge in [-0.25, -0.2) is 4.98 Å². The highest BCUT2D eigenvalue weighted by Crippen LogP contribution is 2.39. The summed E-state index contributed by atoms with van der Waals surface area (Å²) < 4.78 is 5.69. The highest BCUT2D eigenvalue weighted by molar-refractivity contribution is 6.02. The number of non-ortho nitro benzene ring substituents is 1. The zero-order chi connectivity index (χ0) is 33.7. The van der Waals surface area contributed by atoms with E-state index in [0.29, 0.717) is 52.6 Å². The lowest BCUT2D eigenvalue weighted by Gasteiger charge is -2.26. The number of benzene rings is 2. The second-order valence-corrected chi connectivity index (χ2v) is 9.87. The third-order valence-corrected chi connectivity index (χ3v) is 6.56. The molecule has 0 radical (unpaired) electrons. The molecule has 0 fully saturated rings. The van der Waals surface area contributed by atoms with Gasteiger partial charge < -0.3 is 30.1 Å². The molecular weight excluding hydrogens is 576 g/mol. The number of allylic oxidation sites excluding steroid dienone is 2. The number of aldehydes is 1. The number of ether oxygens (including phenoxy) is 1. The Labute approximate surface area is 264 Å². The van der Waals surface area contributed by atoms with Gasteiger partial charge in [0.15, 0.2) is 0 Å². The van der Waals surface area contributed by atoms with Crippen molar-refractivity contribution in [2.45, 2.75) is 20.8 Å². The van der Waals surface area contributed by atoms with Gasteiger partial charge in [-0.2, -0.15) is 4.98 Å². The molecule has 0 aliphatic heterocycles. The lowest BCUT2D eigenvalue weighted by molar-refractivity contribution is -0.384. The van der Waals surface area contributed by atoms with Crippen molar-refractivity contribution in [1.29, 1.82) is 0 Å². The first-order valence-electron chi connectivity index (χ1n) is 14.2. The summed E-state index contributed by atoms with van der Waals surface area (Å²) in [6.07, 6.45) is 4.80. The molecule has 0 unspecified atom stereocenters. The minimum Gasteiger partial charge on any atom is -0.494 e. The van der Waals surface area contributed by atoms with Crippen molar-refractivity contribution >= 4 is 58.0 Å². The van der Waals surface area contributed by atoms with E-state index >= 15 is 0 Å². The Hall–Kier alpha value is -5.30. The molecule has 0 spiro atoms. The molecule has 45 heavy (non-hydrogen) atoms. The molecule has 3 rings (SSSR count). The molecule has 2 aromatic carbocycles. The van der Waals surface area contributed by atoms with Crippen molar-refractivity contribution in [1.82, 2.24) is 14.9 Å². The highest BCUT2D eigenvalue weighted by atomic mass is 16.6. The number of aromatic nitrogens is 2. The van der Waals surface area contributed by atoms with Crippen LogP contribution < -0.4 is 25.2 Å². The van der Waals surface area contributed by atoms with Gasteiger partial charge in [-0.05, 0) is 50.9 Å². The van der Waals surface area contributed by atoms with Gasteiger partial charge in [0.2, 0.25) is 11.9 Å². The van der Waals surface area contributed by atoms with Gasteiger partial charge >= 0.3 is 0 Å². The van der Waals surface area contributed by atoms with Gasteiger partial charge in [-0.3, -0.25) is 19.7 Å². The second-order valence-electron chi connectivity index (χ2n) is 9.87. The van der Waals surface area contributed by atoms with E-state index in [1.807, 2.05) is 39.9 Å². The maximum absolute atomic E-state index is 12.3. The summed E-state index contributed by atoms with van der Waals surface area (Å²) in [5, 5.41) is 17.4. The first-order valence-corrected chi connectivity index (χ1v) is 14.2. The lowest BCUT2D eigenvalue weighted by atomic mass is 10.1. The average molecular weight is 619 g/mol. The number of hydrogen-bond acceptors (Lipinski definition) is 11. The van der Waals surface area contributed by atoms with E-state index in [0.717, 1.165) is 12.2 Å². The van der Waals surface area contributed by atoms with E-state index in [1.165, 1.54) is 31.4 Å². The Morgan fingerprint density at radius 2 is 1.82 bits per heavy atom. The van der Waals surface area contributed by atoms with Crippen LogP contribution in [0, 0.1) is 10.1 Å². The fraction of sp³-hybridized carbons (Fsp3) is 0.312. The summed E-state index contributed by atoms with van der Waals surface area (Å²) in [5.41, 5.74) is 3.31. The summed E-state index contributed by atoms with van der Waals surface area (Å²) in [4.78, 5) is 49.4. The van der Waals surface area contributed by atoms with Gasteiger partial charge in [0.05, 0.1) is 29.1 Å². The number of hydrogen-bond donors (Lipinski definition) is 2. The fourth-order valence-corrected chi connectivity index (χ4v) is 4.12. The number of nitrogens with zero attached hydrogens (tertiary/aromatic N) is 6. The predicted octanol–water partition coefficient (Wildman–Crippen LogP) is 5.66. The zero-order valence-corrected chi connectivity index (χ0v) is 27.1. The van der Waals surface area contributed by atoms with Crippen LogP contribution in [0.2, 0.25) is 0 Å². The molecule has 0 aliphatic rings. The Morgan fingerprint density at radius 3 is 2.42 bits per heavy atom. The van der Waals surface area contributed by atoms with Crippen molar-refractivity contribution in [3.8, 4) is 5.75 Å². The number of amides is 1. The molecule has 1 amide bonds. The van der Waals surface area contributed by atoms with Crippen LogP contribution in [0.3, 0.4) is 0 Å². The van der Waals surface area contributed by atoms with Gasteiger partial charge in [0.1, 0.15) is 17.9 Å². The minimum absolute atomic E-state index is 0.0760. The predicted molar refractivity (Wildman–Crippen MR) is 181 cm³/mol. The van der Waals surface area contributed by atoms with E-state index in [4.69, 9.17) is 9.72 Å². The van der Waals surface area contributed by atoms with Crippen LogP contribution in [0.25, 0.3) is 5.57 Å². The number of nitrogens with one attached hydrogen (secondary N) is 2. The van der Waals surface area contributed by atoms with Crippen molar-refractivity contribution in [3.05, 3.63) is 77.0 Å².